The molecule has 0 aliphatic rings. The lowest BCUT2D eigenvalue weighted by molar-refractivity contribution is 0.910. The van der Waals surface area contributed by atoms with Gasteiger partial charge in [0, 0.05) is 10.9 Å². The first-order valence-corrected chi connectivity index (χ1v) is 4.47. The number of rotatable bonds is 3. The highest BCUT2D eigenvalue weighted by Gasteiger charge is 1.99. The van der Waals surface area contributed by atoms with Crippen molar-refractivity contribution >= 4 is 11.8 Å². The Morgan fingerprint density at radius 2 is 2.20 bits per heavy atom. The van der Waals surface area contributed by atoms with Gasteiger partial charge in [0.25, 0.3) is 0 Å². The summed E-state index contributed by atoms with van der Waals surface area (Å²) in [6.45, 7) is 7.73. The van der Waals surface area contributed by atoms with Gasteiger partial charge < -0.3 is 5.73 Å². The van der Waals surface area contributed by atoms with Crippen molar-refractivity contribution in [3.05, 3.63) is 23.1 Å². The van der Waals surface area contributed by atoms with E-state index in [0.29, 0.717) is 0 Å². The van der Waals surface area contributed by atoms with E-state index in [1.165, 1.54) is 4.91 Å². The normalized spacial score (nSPS) is 15.0. The predicted octanol–water partition coefficient (Wildman–Crippen LogP) is 2.16. The van der Waals surface area contributed by atoms with Gasteiger partial charge in [-0.05, 0) is 26.2 Å². The molecule has 0 bridgehead atoms. The van der Waals surface area contributed by atoms with Crippen LogP contribution in [-0.4, -0.2) is 12.3 Å². The van der Waals surface area contributed by atoms with Crippen LogP contribution in [0.2, 0.25) is 0 Å². The van der Waals surface area contributed by atoms with Gasteiger partial charge in [0.2, 0.25) is 0 Å². The highest BCUT2D eigenvalue weighted by Crippen LogP contribution is 2.16. The highest BCUT2D eigenvalue weighted by atomic mass is 32.2. The lowest BCUT2D eigenvalue weighted by atomic mass is 10.2. The maximum atomic E-state index is 5.67. The van der Waals surface area contributed by atoms with Crippen LogP contribution in [0.25, 0.3) is 0 Å². The summed E-state index contributed by atoms with van der Waals surface area (Å²) in [6.07, 6.45) is 4.05. The Bertz CT molecular complexity index is 147. The molecule has 0 aliphatic carbocycles. The van der Waals surface area contributed by atoms with E-state index in [2.05, 4.69) is 6.58 Å². The van der Waals surface area contributed by atoms with Crippen molar-refractivity contribution in [3.63, 3.8) is 0 Å². The van der Waals surface area contributed by atoms with E-state index in [1.54, 1.807) is 11.8 Å². The maximum Gasteiger partial charge on any atom is 0.0326 e. The molecule has 1 unspecified atom stereocenters. The number of thioether (sulfide) groups is 1. The number of hydrogen-bond donors (Lipinski definition) is 1. The van der Waals surface area contributed by atoms with Crippen molar-refractivity contribution in [2.75, 3.05) is 6.26 Å². The Labute approximate surface area is 67.4 Å². The molecule has 0 amide bonds. The fourth-order valence-electron chi connectivity index (χ4n) is 0.619. The minimum absolute atomic E-state index is 0.131. The molecular formula is C8H15NS. The van der Waals surface area contributed by atoms with Gasteiger partial charge in [-0.3, -0.25) is 0 Å². The molecule has 0 heterocycles. The SMILES string of the molecule is C=C(C)/C=C(\SC)C(C)N. The van der Waals surface area contributed by atoms with Crippen LogP contribution in [0.5, 0.6) is 0 Å². The van der Waals surface area contributed by atoms with E-state index in [9.17, 15) is 0 Å². The summed E-state index contributed by atoms with van der Waals surface area (Å²) >= 11 is 1.68. The van der Waals surface area contributed by atoms with Crippen LogP contribution in [0, 0.1) is 0 Å². The second kappa shape index (κ2) is 4.58. The van der Waals surface area contributed by atoms with Crippen LogP contribution in [0.3, 0.4) is 0 Å². The summed E-state index contributed by atoms with van der Waals surface area (Å²) in [6, 6.07) is 0.131. The van der Waals surface area contributed by atoms with Gasteiger partial charge in [0.1, 0.15) is 0 Å². The summed E-state index contributed by atoms with van der Waals surface area (Å²) in [5.74, 6) is 0. The molecular weight excluding hydrogens is 142 g/mol. The molecule has 58 valence electrons. The topological polar surface area (TPSA) is 26.0 Å². The quantitative estimate of drug-likeness (QED) is 0.635. The summed E-state index contributed by atoms with van der Waals surface area (Å²) in [5, 5.41) is 0. The smallest absolute Gasteiger partial charge is 0.0326 e. The van der Waals surface area contributed by atoms with Crippen molar-refractivity contribution in [3.8, 4) is 0 Å². The van der Waals surface area contributed by atoms with Crippen molar-refractivity contribution < 1.29 is 0 Å². The molecule has 2 N–H and O–H groups in total. The highest BCUT2D eigenvalue weighted by molar-refractivity contribution is 8.02. The van der Waals surface area contributed by atoms with Crippen LogP contribution in [0.1, 0.15) is 13.8 Å². The zero-order valence-corrected chi connectivity index (χ0v) is 7.66. The molecule has 0 aromatic heterocycles. The molecule has 0 aromatic carbocycles. The maximum absolute atomic E-state index is 5.67. The van der Waals surface area contributed by atoms with Crippen LogP contribution in [0.15, 0.2) is 23.1 Å². The third-order valence-electron chi connectivity index (χ3n) is 1.07. The molecule has 0 saturated carbocycles. The third-order valence-corrected chi connectivity index (χ3v) is 2.03. The van der Waals surface area contributed by atoms with Gasteiger partial charge in [-0.2, -0.15) is 0 Å². The molecule has 10 heavy (non-hydrogen) atoms. The van der Waals surface area contributed by atoms with E-state index in [0.717, 1.165) is 5.57 Å². The molecule has 1 nitrogen and oxygen atoms in total. The van der Waals surface area contributed by atoms with Crippen LogP contribution < -0.4 is 5.73 Å². The fraction of sp³-hybridized carbons (Fsp3) is 0.500. The average molecular weight is 157 g/mol. The van der Waals surface area contributed by atoms with Gasteiger partial charge in [-0.25, -0.2) is 0 Å². The van der Waals surface area contributed by atoms with Gasteiger partial charge in [0.15, 0.2) is 0 Å². The Morgan fingerprint density at radius 3 is 2.30 bits per heavy atom. The molecule has 0 radical (unpaired) electrons. The fourth-order valence-corrected chi connectivity index (χ4v) is 1.31. The first kappa shape index (κ1) is 9.79. The second-order valence-electron chi connectivity index (χ2n) is 2.39. The minimum Gasteiger partial charge on any atom is -0.324 e. The average Bonchev–Trinajstić information content (AvgIpc) is 1.81. The largest absolute Gasteiger partial charge is 0.324 e. The van der Waals surface area contributed by atoms with Gasteiger partial charge in [-0.15, -0.1) is 11.8 Å². The van der Waals surface area contributed by atoms with Gasteiger partial charge >= 0.3 is 0 Å². The monoisotopic (exact) mass is 157 g/mol. The van der Waals surface area contributed by atoms with E-state index in [4.69, 9.17) is 5.73 Å². The van der Waals surface area contributed by atoms with Crippen LogP contribution in [-0.2, 0) is 0 Å². The van der Waals surface area contributed by atoms with E-state index < -0.39 is 0 Å². The van der Waals surface area contributed by atoms with Crippen LogP contribution >= 0.6 is 11.8 Å². The molecule has 2 heteroatoms. The molecule has 0 aromatic rings. The standard InChI is InChI=1S/C8H15NS/c1-6(2)5-8(10-4)7(3)9/h5,7H,1,9H2,2-4H3/b8-5-. The first-order valence-electron chi connectivity index (χ1n) is 3.24. The lowest BCUT2D eigenvalue weighted by Gasteiger charge is -2.07. The Kier molecular flexibility index (Phi) is 4.49. The summed E-state index contributed by atoms with van der Waals surface area (Å²) in [5.41, 5.74) is 6.72. The Balaban J connectivity index is 4.18. The van der Waals surface area contributed by atoms with E-state index in [1.807, 2.05) is 26.2 Å². The lowest BCUT2D eigenvalue weighted by Crippen LogP contribution is -2.15. The van der Waals surface area contributed by atoms with E-state index >= 15 is 0 Å². The summed E-state index contributed by atoms with van der Waals surface area (Å²) < 4.78 is 0. The summed E-state index contributed by atoms with van der Waals surface area (Å²) in [7, 11) is 0. The van der Waals surface area contributed by atoms with Crippen LogP contribution in [0.4, 0.5) is 0 Å². The van der Waals surface area contributed by atoms with Crippen molar-refractivity contribution in [2.45, 2.75) is 19.9 Å². The molecule has 0 saturated heterocycles. The van der Waals surface area contributed by atoms with E-state index in [-0.39, 0.29) is 6.04 Å². The molecule has 1 atom stereocenters. The van der Waals surface area contributed by atoms with Gasteiger partial charge in [-0.1, -0.05) is 12.2 Å². The molecule has 0 spiro atoms. The second-order valence-corrected chi connectivity index (χ2v) is 3.27. The third kappa shape index (κ3) is 3.75. The van der Waals surface area contributed by atoms with Crippen molar-refractivity contribution in [1.82, 2.24) is 0 Å². The Morgan fingerprint density at radius 1 is 1.70 bits per heavy atom. The molecule has 0 aliphatic heterocycles. The zero-order valence-electron chi connectivity index (χ0n) is 6.85. The van der Waals surface area contributed by atoms with Crippen molar-refractivity contribution in [2.24, 2.45) is 5.73 Å². The summed E-state index contributed by atoms with van der Waals surface area (Å²) in [4.78, 5) is 1.19. The zero-order chi connectivity index (χ0) is 8.15. The molecule has 0 rings (SSSR count). The predicted molar refractivity (Wildman–Crippen MR) is 50.1 cm³/mol. The number of allylic oxidation sites excluding steroid dienone is 2. The minimum atomic E-state index is 0.131. The first-order chi connectivity index (χ1) is 4.57. The Hall–Kier alpha value is -0.210. The molecule has 0 fully saturated rings. The van der Waals surface area contributed by atoms with Crippen molar-refractivity contribution in [1.29, 1.82) is 0 Å². The number of hydrogen-bond acceptors (Lipinski definition) is 2. The van der Waals surface area contributed by atoms with Gasteiger partial charge in [0.05, 0.1) is 0 Å². The number of nitrogens with two attached hydrogens (primary N) is 1.